The summed E-state index contributed by atoms with van der Waals surface area (Å²) in [5.41, 5.74) is 5.39. The van der Waals surface area contributed by atoms with E-state index in [0.29, 0.717) is 18.4 Å². The number of nitrogens with zero attached hydrogens (tertiary/aromatic N) is 2. The lowest BCUT2D eigenvalue weighted by Gasteiger charge is -2.54. The Morgan fingerprint density at radius 1 is 1.32 bits per heavy atom. The zero-order valence-electron chi connectivity index (χ0n) is 14.2. The van der Waals surface area contributed by atoms with Crippen LogP contribution >= 0.6 is 0 Å². The number of anilines is 1. The van der Waals surface area contributed by atoms with Gasteiger partial charge in [0.25, 0.3) is 0 Å². The van der Waals surface area contributed by atoms with Gasteiger partial charge in [-0.25, -0.2) is 0 Å². The van der Waals surface area contributed by atoms with Crippen molar-refractivity contribution in [2.45, 2.75) is 36.8 Å². The van der Waals surface area contributed by atoms with E-state index in [1.54, 1.807) is 0 Å². The van der Waals surface area contributed by atoms with Crippen molar-refractivity contribution in [3.63, 3.8) is 0 Å². The Bertz CT molecular complexity index is 857. The molecule has 1 N–H and O–H groups in total. The van der Waals surface area contributed by atoms with Crippen molar-refractivity contribution in [2.75, 3.05) is 24.6 Å². The Kier molecular flexibility index (Phi) is 2.64. The van der Waals surface area contributed by atoms with Crippen molar-refractivity contribution in [3.05, 3.63) is 53.1 Å². The number of piperidine rings is 1. The summed E-state index contributed by atoms with van der Waals surface area (Å²) in [6.45, 7) is 2.16. The monoisotopic (exact) mass is 334 g/mol. The van der Waals surface area contributed by atoms with Crippen molar-refractivity contribution in [1.82, 2.24) is 4.90 Å². The molecule has 1 aliphatic carbocycles. The summed E-state index contributed by atoms with van der Waals surface area (Å²) in [6, 6.07) is 9.29. The zero-order chi connectivity index (χ0) is 16.8. The van der Waals surface area contributed by atoms with Gasteiger partial charge < -0.3 is 10.0 Å². The number of aliphatic hydroxyl groups excluding tert-OH is 1. The maximum atomic E-state index is 12.9. The third-order valence-corrected chi connectivity index (χ3v) is 7.40. The van der Waals surface area contributed by atoms with Gasteiger partial charge in [-0.3, -0.25) is 9.69 Å². The molecular formula is C21H22N2O2. The van der Waals surface area contributed by atoms with Gasteiger partial charge in [-0.1, -0.05) is 35.9 Å². The summed E-state index contributed by atoms with van der Waals surface area (Å²) < 4.78 is 0. The SMILES string of the molecule is O=C1CC=C2[C@H]3C[C@H]4N(CC[C@@]45c4ccccc4N1[C@H]25)C/C3=C\CO. The second-order valence-corrected chi connectivity index (χ2v) is 8.12. The molecule has 0 unspecified atom stereocenters. The maximum absolute atomic E-state index is 12.9. The van der Waals surface area contributed by atoms with Crippen LogP contribution in [0.15, 0.2) is 47.6 Å². The molecule has 1 amide bonds. The van der Waals surface area contributed by atoms with Gasteiger partial charge in [0.05, 0.1) is 12.6 Å². The van der Waals surface area contributed by atoms with Gasteiger partial charge in [0.2, 0.25) is 5.91 Å². The highest BCUT2D eigenvalue weighted by molar-refractivity contribution is 6.00. The first kappa shape index (κ1) is 14.3. The van der Waals surface area contributed by atoms with Crippen molar-refractivity contribution >= 4 is 11.6 Å². The first-order chi connectivity index (χ1) is 12.3. The second-order valence-electron chi connectivity index (χ2n) is 8.12. The molecule has 3 fully saturated rings. The van der Waals surface area contributed by atoms with Crippen LogP contribution in [0.4, 0.5) is 5.69 Å². The molecule has 0 aromatic heterocycles. The van der Waals surface area contributed by atoms with E-state index in [2.05, 4.69) is 40.1 Å². The first-order valence-corrected chi connectivity index (χ1v) is 9.41. The van der Waals surface area contributed by atoms with E-state index in [1.165, 1.54) is 16.7 Å². The molecule has 6 rings (SSSR count). The summed E-state index contributed by atoms with van der Waals surface area (Å²) >= 11 is 0. The Balaban J connectivity index is 1.64. The molecule has 4 atom stereocenters. The van der Waals surface area contributed by atoms with Crippen molar-refractivity contribution in [3.8, 4) is 0 Å². The van der Waals surface area contributed by atoms with Crippen LogP contribution in [0.1, 0.15) is 24.8 Å². The van der Waals surface area contributed by atoms with Crippen LogP contribution in [0.2, 0.25) is 0 Å². The molecule has 0 radical (unpaired) electrons. The summed E-state index contributed by atoms with van der Waals surface area (Å²) in [5, 5.41) is 9.50. The Hall–Kier alpha value is -1.91. The molecule has 1 aromatic carbocycles. The largest absolute Gasteiger partial charge is 0.392 e. The number of aliphatic hydroxyl groups is 1. The lowest BCUT2D eigenvalue weighted by atomic mass is 9.57. The molecule has 128 valence electrons. The van der Waals surface area contributed by atoms with Gasteiger partial charge in [-0.15, -0.1) is 0 Å². The van der Waals surface area contributed by atoms with E-state index in [4.69, 9.17) is 0 Å². The lowest BCUT2D eigenvalue weighted by Crippen LogP contribution is -2.62. The van der Waals surface area contributed by atoms with Gasteiger partial charge in [-0.05, 0) is 36.6 Å². The normalized spacial score (nSPS) is 39.5. The molecule has 2 saturated heterocycles. The molecule has 4 aliphatic heterocycles. The fourth-order valence-electron chi connectivity index (χ4n) is 6.62. The second kappa shape index (κ2) is 4.63. The van der Waals surface area contributed by atoms with Gasteiger partial charge in [0, 0.05) is 36.0 Å². The number of benzene rings is 1. The molecule has 4 nitrogen and oxygen atoms in total. The zero-order valence-corrected chi connectivity index (χ0v) is 14.2. The topological polar surface area (TPSA) is 43.8 Å². The van der Waals surface area contributed by atoms with E-state index in [-0.39, 0.29) is 24.0 Å². The molecular weight excluding hydrogens is 312 g/mol. The molecule has 1 saturated carbocycles. The van der Waals surface area contributed by atoms with E-state index in [1.807, 2.05) is 6.08 Å². The molecule has 5 aliphatic rings. The third-order valence-electron chi connectivity index (χ3n) is 7.40. The summed E-state index contributed by atoms with van der Waals surface area (Å²) in [7, 11) is 0. The highest BCUT2D eigenvalue weighted by atomic mass is 16.2. The van der Waals surface area contributed by atoms with Crippen molar-refractivity contribution in [1.29, 1.82) is 0 Å². The molecule has 4 heteroatoms. The number of fused-ring (bicyclic) bond motifs is 4. The van der Waals surface area contributed by atoms with Crippen molar-refractivity contribution in [2.24, 2.45) is 5.92 Å². The Morgan fingerprint density at radius 3 is 3.08 bits per heavy atom. The van der Waals surface area contributed by atoms with Crippen LogP contribution in [-0.4, -0.2) is 47.7 Å². The predicted molar refractivity (Wildman–Crippen MR) is 95.3 cm³/mol. The van der Waals surface area contributed by atoms with Gasteiger partial charge in [0.15, 0.2) is 0 Å². The number of hydrogen-bond donors (Lipinski definition) is 1. The van der Waals surface area contributed by atoms with Crippen molar-refractivity contribution < 1.29 is 9.90 Å². The van der Waals surface area contributed by atoms with Crippen LogP contribution in [0.3, 0.4) is 0 Å². The number of rotatable bonds is 1. The van der Waals surface area contributed by atoms with Gasteiger partial charge in [-0.2, -0.15) is 0 Å². The predicted octanol–water partition coefficient (Wildman–Crippen LogP) is 2.00. The number of carbonyl (C=O) groups is 1. The maximum Gasteiger partial charge on any atom is 0.231 e. The van der Waals surface area contributed by atoms with Crippen LogP contribution in [0.5, 0.6) is 0 Å². The van der Waals surface area contributed by atoms with E-state index in [9.17, 15) is 9.90 Å². The lowest BCUT2D eigenvalue weighted by molar-refractivity contribution is -0.118. The highest BCUT2D eigenvalue weighted by Gasteiger charge is 2.67. The number of para-hydroxylation sites is 1. The third kappa shape index (κ3) is 1.50. The molecule has 4 heterocycles. The standard InChI is InChI=1S/C21H22N2O2/c24-10-7-13-12-22-9-8-21-16-3-1-2-4-17(16)23-19(25)6-5-14(20(21)23)15(13)11-18(21)22/h1-5,7,15,18,20,24H,6,8-12H2/b13-7+/t15-,18+,20+,21+/m0/s1. The summed E-state index contributed by atoms with van der Waals surface area (Å²) in [4.78, 5) is 17.6. The van der Waals surface area contributed by atoms with Crippen LogP contribution in [-0.2, 0) is 10.2 Å². The average molecular weight is 334 g/mol. The Labute approximate surface area is 147 Å². The van der Waals surface area contributed by atoms with Crippen LogP contribution < -0.4 is 4.90 Å². The molecule has 1 aromatic rings. The quantitative estimate of drug-likeness (QED) is 0.799. The minimum Gasteiger partial charge on any atom is -0.392 e. The molecule has 25 heavy (non-hydrogen) atoms. The fourth-order valence-corrected chi connectivity index (χ4v) is 6.62. The fraction of sp³-hybridized carbons (Fsp3) is 0.476. The van der Waals surface area contributed by atoms with Gasteiger partial charge >= 0.3 is 0 Å². The average Bonchev–Trinajstić information content (AvgIpc) is 3.17. The highest BCUT2D eigenvalue weighted by Crippen LogP contribution is 2.63. The smallest absolute Gasteiger partial charge is 0.231 e. The first-order valence-electron chi connectivity index (χ1n) is 9.41. The number of amides is 1. The minimum absolute atomic E-state index is 0.0692. The van der Waals surface area contributed by atoms with Crippen LogP contribution in [0.25, 0.3) is 0 Å². The molecule has 2 bridgehead atoms. The summed E-state index contributed by atoms with van der Waals surface area (Å²) in [5.74, 6) is 0.638. The Morgan fingerprint density at radius 2 is 2.20 bits per heavy atom. The number of hydrogen-bond acceptors (Lipinski definition) is 3. The van der Waals surface area contributed by atoms with E-state index in [0.717, 1.165) is 31.6 Å². The van der Waals surface area contributed by atoms with Gasteiger partial charge in [0.1, 0.15) is 0 Å². The van der Waals surface area contributed by atoms with E-state index >= 15 is 0 Å². The summed E-state index contributed by atoms with van der Waals surface area (Å²) in [6.07, 6.45) is 6.99. The van der Waals surface area contributed by atoms with Crippen LogP contribution in [0, 0.1) is 5.92 Å². The number of carbonyl (C=O) groups excluding carboxylic acids is 1. The molecule has 1 spiro atoms. The minimum atomic E-state index is 0.0692. The van der Waals surface area contributed by atoms with E-state index < -0.39 is 0 Å².